The Morgan fingerprint density at radius 2 is 0.614 bits per heavy atom. The molecule has 0 heterocycles. The number of hydrogen-bond donors (Lipinski definition) is 0. The summed E-state index contributed by atoms with van der Waals surface area (Å²) >= 11 is 0. The first-order chi connectivity index (χ1) is 28.1. The lowest BCUT2D eigenvalue weighted by Crippen LogP contribution is -2.59. The summed E-state index contributed by atoms with van der Waals surface area (Å²) in [5, 5.41) is 0. The molecule has 0 saturated heterocycles. The monoisotopic (exact) mass is 784 g/mol. The van der Waals surface area contributed by atoms with Crippen molar-refractivity contribution in [2.24, 2.45) is 0 Å². The second-order valence-corrected chi connectivity index (χ2v) is 15.6. The van der Waals surface area contributed by atoms with Crippen LogP contribution in [-0.2, 0) is 76.7 Å². The summed E-state index contributed by atoms with van der Waals surface area (Å²) < 4.78 is 61.6. The van der Waals surface area contributed by atoms with Crippen molar-refractivity contribution in [3.8, 4) is 0 Å². The average Bonchev–Trinajstić information content (AvgIpc) is 3.27. The van der Waals surface area contributed by atoms with Crippen LogP contribution < -0.4 is 0 Å². The van der Waals surface area contributed by atoms with Gasteiger partial charge in [0.15, 0.2) is 0 Å². The summed E-state index contributed by atoms with van der Waals surface area (Å²) in [6.45, 7) is 1.11. The topological polar surface area (TPSA) is 81.7 Å². The molecule has 0 bridgehead atoms. The normalized spacial score (nSPS) is 19.6. The fraction of sp³-hybridized carbons (Fsp3) is 0.250. The van der Waals surface area contributed by atoms with Crippen LogP contribution in [0.5, 0.6) is 0 Å². The maximum atomic E-state index is 15.2. The number of phosphoric ester groups is 1. The van der Waals surface area contributed by atoms with Crippen molar-refractivity contribution in [3.63, 3.8) is 0 Å². The largest absolute Gasteiger partial charge is 0.475 e. The first-order valence-corrected chi connectivity index (χ1v) is 20.8. The van der Waals surface area contributed by atoms with Crippen molar-refractivity contribution < 1.29 is 37.1 Å². The van der Waals surface area contributed by atoms with Gasteiger partial charge in [0, 0.05) is 6.42 Å². The highest BCUT2D eigenvalue weighted by Crippen LogP contribution is 2.54. The Balaban J connectivity index is 1.26. The van der Waals surface area contributed by atoms with E-state index in [2.05, 4.69) is 0 Å². The minimum Gasteiger partial charge on any atom is -0.371 e. The van der Waals surface area contributed by atoms with Gasteiger partial charge in [0.25, 0.3) is 0 Å². The molecule has 0 aromatic heterocycles. The molecule has 1 aliphatic rings. The Morgan fingerprint density at radius 1 is 0.351 bits per heavy atom. The first-order valence-electron chi connectivity index (χ1n) is 19.4. The predicted molar refractivity (Wildman–Crippen MR) is 220 cm³/mol. The van der Waals surface area contributed by atoms with E-state index in [9.17, 15) is 0 Å². The molecule has 0 amide bonds. The molecule has 9 heteroatoms. The highest BCUT2D eigenvalue weighted by molar-refractivity contribution is 7.48. The molecule has 1 fully saturated rings. The minimum atomic E-state index is -4.36. The average molecular weight is 785 g/mol. The van der Waals surface area contributed by atoms with Crippen LogP contribution in [0.4, 0.5) is 0 Å². The van der Waals surface area contributed by atoms with E-state index in [1.54, 1.807) is 0 Å². The van der Waals surface area contributed by atoms with Crippen LogP contribution in [0.1, 0.15) is 39.8 Å². The molecular weight excluding hydrogens is 735 g/mol. The van der Waals surface area contributed by atoms with Gasteiger partial charge in [-0.3, -0.25) is 13.6 Å². The van der Waals surface area contributed by atoms with Crippen molar-refractivity contribution in [2.75, 3.05) is 0 Å². The molecule has 5 atom stereocenters. The summed E-state index contributed by atoms with van der Waals surface area (Å²) in [4.78, 5) is 0. The van der Waals surface area contributed by atoms with Gasteiger partial charge < -0.3 is 18.9 Å². The lowest BCUT2D eigenvalue weighted by molar-refractivity contribution is -0.232. The van der Waals surface area contributed by atoms with Crippen LogP contribution in [0, 0.1) is 0 Å². The third-order valence-corrected chi connectivity index (χ3v) is 11.1. The van der Waals surface area contributed by atoms with Gasteiger partial charge in [-0.2, -0.15) is 0 Å². The van der Waals surface area contributed by atoms with E-state index in [-0.39, 0.29) is 26.4 Å². The number of hydrogen-bond acceptors (Lipinski definition) is 8. The summed E-state index contributed by atoms with van der Waals surface area (Å²) in [6.07, 6.45) is -3.29. The first kappa shape index (κ1) is 40.5. The molecule has 1 saturated carbocycles. The van der Waals surface area contributed by atoms with Gasteiger partial charge in [0.2, 0.25) is 0 Å². The van der Waals surface area contributed by atoms with Gasteiger partial charge in [-0.1, -0.05) is 182 Å². The van der Waals surface area contributed by atoms with Gasteiger partial charge >= 0.3 is 7.82 Å². The Labute approximate surface area is 335 Å². The molecule has 7 rings (SSSR count). The van der Waals surface area contributed by atoms with Crippen molar-refractivity contribution >= 4 is 7.82 Å². The zero-order valence-corrected chi connectivity index (χ0v) is 32.8. The van der Waals surface area contributed by atoms with Crippen LogP contribution >= 0.6 is 7.82 Å². The van der Waals surface area contributed by atoms with Crippen LogP contribution in [-0.4, -0.2) is 30.5 Å². The summed E-state index contributed by atoms with van der Waals surface area (Å²) in [5.41, 5.74) is 5.57. The molecule has 57 heavy (non-hydrogen) atoms. The Kier molecular flexibility index (Phi) is 15.0. The number of ether oxygens (including phenoxy) is 4. The van der Waals surface area contributed by atoms with Crippen LogP contribution in [0.3, 0.4) is 0 Å². The molecule has 6 aromatic rings. The highest BCUT2D eigenvalue weighted by Gasteiger charge is 2.52. The SMILES string of the molecule is O=P(OCc1ccccc1)(OCc1ccccc1)OC1[C@@H](OCc2ccccc2)[C@@H](OCc2ccccc2)C[C@@H](OCc2ccccc2)[C@@H]1OCc1ccccc1. The van der Waals surface area contributed by atoms with Crippen molar-refractivity contribution in [3.05, 3.63) is 215 Å². The summed E-state index contributed by atoms with van der Waals surface area (Å²) in [7, 11) is -4.36. The van der Waals surface area contributed by atoms with E-state index in [4.69, 9.17) is 32.5 Å². The van der Waals surface area contributed by atoms with Crippen molar-refractivity contribution in [1.29, 1.82) is 0 Å². The van der Waals surface area contributed by atoms with E-state index >= 15 is 4.57 Å². The molecule has 6 aromatic carbocycles. The standard InChI is InChI=1S/C48H49O8P/c49-57(54-36-42-27-15-5-16-28-42,55-37-43-29-17-6-18-30-43)56-48-46(52-34-40-23-11-3-12-24-40)44(50-32-38-19-7-1-8-20-38)31-45(51-33-39-21-9-2-10-22-39)47(48)53-35-41-25-13-4-14-26-41/h1-30,44-48H,31-37H2/t44-,45+,46-,47-,48?/m0/s1. The summed E-state index contributed by atoms with van der Waals surface area (Å²) in [6, 6.07) is 58.9. The second kappa shape index (κ2) is 21.1. The number of rotatable bonds is 20. The van der Waals surface area contributed by atoms with Gasteiger partial charge in [-0.25, -0.2) is 4.57 Å². The smallest absolute Gasteiger partial charge is 0.371 e. The molecule has 8 nitrogen and oxygen atoms in total. The molecule has 1 unspecified atom stereocenters. The second-order valence-electron chi connectivity index (χ2n) is 14.0. The predicted octanol–water partition coefficient (Wildman–Crippen LogP) is 10.7. The highest BCUT2D eigenvalue weighted by atomic mass is 31.2. The quantitative estimate of drug-likeness (QED) is 0.0708. The third-order valence-electron chi connectivity index (χ3n) is 9.74. The van der Waals surface area contributed by atoms with E-state index in [1.807, 2.05) is 182 Å². The van der Waals surface area contributed by atoms with Crippen molar-refractivity contribution in [2.45, 2.75) is 76.6 Å². The van der Waals surface area contributed by atoms with E-state index in [0.29, 0.717) is 19.6 Å². The van der Waals surface area contributed by atoms with Gasteiger partial charge in [0.1, 0.15) is 18.3 Å². The summed E-state index contributed by atoms with van der Waals surface area (Å²) in [5.74, 6) is 0. The van der Waals surface area contributed by atoms with E-state index in [0.717, 1.165) is 33.4 Å². The van der Waals surface area contributed by atoms with E-state index in [1.165, 1.54) is 0 Å². The molecular formula is C48H49O8P. The maximum Gasteiger partial charge on any atom is 0.475 e. The van der Waals surface area contributed by atoms with Gasteiger partial charge in [0.05, 0.1) is 51.8 Å². The molecule has 0 aliphatic heterocycles. The third kappa shape index (κ3) is 12.4. The zero-order valence-electron chi connectivity index (χ0n) is 31.9. The lowest BCUT2D eigenvalue weighted by Gasteiger charge is -2.46. The molecule has 1 aliphatic carbocycles. The molecule has 0 spiro atoms. The maximum absolute atomic E-state index is 15.2. The Morgan fingerprint density at radius 3 is 0.912 bits per heavy atom. The van der Waals surface area contributed by atoms with Crippen LogP contribution in [0.2, 0.25) is 0 Å². The number of benzene rings is 6. The Hall–Kier alpha value is -4.73. The van der Waals surface area contributed by atoms with Crippen molar-refractivity contribution in [1.82, 2.24) is 0 Å². The fourth-order valence-electron chi connectivity index (χ4n) is 6.75. The number of phosphoric acid groups is 1. The van der Waals surface area contributed by atoms with Crippen LogP contribution in [0.15, 0.2) is 182 Å². The van der Waals surface area contributed by atoms with Gasteiger partial charge in [-0.05, 0) is 33.4 Å². The zero-order chi connectivity index (χ0) is 39.0. The molecule has 0 N–H and O–H groups in total. The lowest BCUT2D eigenvalue weighted by atomic mass is 9.86. The molecule has 0 radical (unpaired) electrons. The minimum absolute atomic E-state index is 0.00736. The van der Waals surface area contributed by atoms with E-state index < -0.39 is 38.3 Å². The van der Waals surface area contributed by atoms with Crippen LogP contribution in [0.25, 0.3) is 0 Å². The Bertz CT molecular complexity index is 1910. The fourth-order valence-corrected chi connectivity index (χ4v) is 8.10. The van der Waals surface area contributed by atoms with Gasteiger partial charge in [-0.15, -0.1) is 0 Å². The molecule has 294 valence electrons.